The lowest BCUT2D eigenvalue weighted by Gasteiger charge is -2.16. The lowest BCUT2D eigenvalue weighted by atomic mass is 9.85. The highest BCUT2D eigenvalue weighted by Gasteiger charge is 2.47. The van der Waals surface area contributed by atoms with Gasteiger partial charge in [-0.2, -0.15) is 0 Å². The predicted octanol–water partition coefficient (Wildman–Crippen LogP) is 4.55. The van der Waals surface area contributed by atoms with E-state index in [-0.39, 0.29) is 23.7 Å². The molecule has 4 heteroatoms. The van der Waals surface area contributed by atoms with Gasteiger partial charge in [-0.05, 0) is 68.1 Å². The molecule has 2 aromatic rings. The van der Waals surface area contributed by atoms with Gasteiger partial charge in [-0.3, -0.25) is 14.5 Å². The molecule has 26 heavy (non-hydrogen) atoms. The SMILES string of the molecule is Cc1ccc(C)c(Oc2ccc(N3C(=O)C4CC=CCC4C3=O)cc2)c1. The Morgan fingerprint density at radius 3 is 2.12 bits per heavy atom. The normalized spacial score (nSPS) is 21.8. The van der Waals surface area contributed by atoms with Crippen molar-refractivity contribution in [1.82, 2.24) is 0 Å². The highest BCUT2D eigenvalue weighted by atomic mass is 16.5. The van der Waals surface area contributed by atoms with Crippen LogP contribution in [-0.2, 0) is 9.59 Å². The molecule has 0 spiro atoms. The number of aryl methyl sites for hydroxylation is 2. The Morgan fingerprint density at radius 1 is 0.885 bits per heavy atom. The van der Waals surface area contributed by atoms with Crippen molar-refractivity contribution < 1.29 is 14.3 Å². The van der Waals surface area contributed by atoms with Crippen molar-refractivity contribution in [3.8, 4) is 11.5 Å². The summed E-state index contributed by atoms with van der Waals surface area (Å²) in [6.45, 7) is 4.02. The van der Waals surface area contributed by atoms with Gasteiger partial charge in [-0.15, -0.1) is 0 Å². The minimum absolute atomic E-state index is 0.0902. The molecule has 0 radical (unpaired) electrons. The number of hydrogen-bond donors (Lipinski definition) is 0. The molecule has 0 N–H and O–H groups in total. The summed E-state index contributed by atoms with van der Waals surface area (Å²) in [5.74, 6) is 0.889. The number of imide groups is 1. The number of carbonyl (C=O) groups excluding carboxylic acids is 2. The van der Waals surface area contributed by atoms with E-state index >= 15 is 0 Å². The number of hydrogen-bond acceptors (Lipinski definition) is 3. The molecule has 132 valence electrons. The van der Waals surface area contributed by atoms with Crippen LogP contribution in [0.15, 0.2) is 54.6 Å². The second kappa shape index (κ2) is 6.45. The fourth-order valence-corrected chi connectivity index (χ4v) is 3.66. The van der Waals surface area contributed by atoms with E-state index in [4.69, 9.17) is 4.74 Å². The lowest BCUT2D eigenvalue weighted by Crippen LogP contribution is -2.30. The molecule has 1 saturated heterocycles. The van der Waals surface area contributed by atoms with Crippen LogP contribution in [0.2, 0.25) is 0 Å². The van der Waals surface area contributed by atoms with Crippen molar-refractivity contribution in [2.45, 2.75) is 26.7 Å². The highest BCUT2D eigenvalue weighted by molar-refractivity contribution is 6.22. The maximum absolute atomic E-state index is 12.6. The van der Waals surface area contributed by atoms with Gasteiger partial charge in [0.1, 0.15) is 11.5 Å². The summed E-state index contributed by atoms with van der Waals surface area (Å²) in [4.78, 5) is 26.6. The highest BCUT2D eigenvalue weighted by Crippen LogP contribution is 2.38. The first kappa shape index (κ1) is 16.6. The van der Waals surface area contributed by atoms with E-state index < -0.39 is 0 Å². The number of amides is 2. The van der Waals surface area contributed by atoms with Crippen molar-refractivity contribution in [2.75, 3.05) is 4.90 Å². The van der Waals surface area contributed by atoms with Gasteiger partial charge in [0.15, 0.2) is 0 Å². The number of allylic oxidation sites excluding steroid dienone is 2. The topological polar surface area (TPSA) is 46.6 Å². The van der Waals surface area contributed by atoms with E-state index in [1.54, 1.807) is 24.3 Å². The van der Waals surface area contributed by atoms with Gasteiger partial charge in [-0.25, -0.2) is 0 Å². The molecule has 1 aliphatic heterocycles. The number of anilines is 1. The summed E-state index contributed by atoms with van der Waals surface area (Å²) < 4.78 is 5.96. The Balaban J connectivity index is 1.56. The van der Waals surface area contributed by atoms with Crippen molar-refractivity contribution in [2.24, 2.45) is 11.8 Å². The molecule has 1 aliphatic carbocycles. The number of nitrogens with zero attached hydrogens (tertiary/aromatic N) is 1. The van der Waals surface area contributed by atoms with Crippen LogP contribution in [0, 0.1) is 25.7 Å². The molecule has 2 amide bonds. The average molecular weight is 347 g/mol. The summed E-state index contributed by atoms with van der Waals surface area (Å²) in [7, 11) is 0. The monoisotopic (exact) mass is 347 g/mol. The van der Waals surface area contributed by atoms with Crippen LogP contribution in [0.4, 0.5) is 5.69 Å². The summed E-state index contributed by atoms with van der Waals surface area (Å²) in [5.41, 5.74) is 2.80. The number of rotatable bonds is 3. The summed E-state index contributed by atoms with van der Waals surface area (Å²) in [6.07, 6.45) is 5.30. The van der Waals surface area contributed by atoms with E-state index in [9.17, 15) is 9.59 Å². The fourth-order valence-electron chi connectivity index (χ4n) is 3.66. The molecule has 1 heterocycles. The molecule has 2 unspecified atom stereocenters. The summed E-state index contributed by atoms with van der Waals surface area (Å²) in [6, 6.07) is 13.2. The third-order valence-electron chi connectivity index (χ3n) is 5.17. The van der Waals surface area contributed by atoms with Gasteiger partial charge < -0.3 is 4.74 Å². The van der Waals surface area contributed by atoms with Crippen LogP contribution in [-0.4, -0.2) is 11.8 Å². The molecule has 0 saturated carbocycles. The van der Waals surface area contributed by atoms with Crippen LogP contribution >= 0.6 is 0 Å². The number of benzene rings is 2. The molecule has 1 fully saturated rings. The molecule has 0 aromatic heterocycles. The van der Waals surface area contributed by atoms with Gasteiger partial charge in [0.05, 0.1) is 17.5 Å². The molecule has 4 rings (SSSR count). The van der Waals surface area contributed by atoms with Gasteiger partial charge in [0.2, 0.25) is 11.8 Å². The molecule has 2 atom stereocenters. The van der Waals surface area contributed by atoms with E-state index in [1.807, 2.05) is 44.2 Å². The fraction of sp³-hybridized carbons (Fsp3) is 0.273. The minimum atomic E-state index is -0.210. The Bertz CT molecular complexity index is 872. The number of ether oxygens (including phenoxy) is 1. The van der Waals surface area contributed by atoms with E-state index in [0.717, 1.165) is 16.9 Å². The predicted molar refractivity (Wildman–Crippen MR) is 100 cm³/mol. The third-order valence-corrected chi connectivity index (χ3v) is 5.17. The van der Waals surface area contributed by atoms with Crippen molar-refractivity contribution >= 4 is 17.5 Å². The van der Waals surface area contributed by atoms with Gasteiger partial charge in [0, 0.05) is 0 Å². The smallest absolute Gasteiger partial charge is 0.238 e. The van der Waals surface area contributed by atoms with Crippen LogP contribution in [0.5, 0.6) is 11.5 Å². The number of carbonyl (C=O) groups is 2. The second-order valence-electron chi connectivity index (χ2n) is 7.03. The number of fused-ring (bicyclic) bond motifs is 1. The second-order valence-corrected chi connectivity index (χ2v) is 7.03. The van der Waals surface area contributed by atoms with Crippen molar-refractivity contribution in [1.29, 1.82) is 0 Å². The van der Waals surface area contributed by atoms with Crippen LogP contribution < -0.4 is 9.64 Å². The zero-order valence-electron chi connectivity index (χ0n) is 14.9. The largest absolute Gasteiger partial charge is 0.457 e. The maximum atomic E-state index is 12.6. The maximum Gasteiger partial charge on any atom is 0.238 e. The molecule has 4 nitrogen and oxygen atoms in total. The molecule has 2 aliphatic rings. The molecule has 0 bridgehead atoms. The van der Waals surface area contributed by atoms with E-state index in [1.165, 1.54) is 4.90 Å². The molecular formula is C22H21NO3. The minimum Gasteiger partial charge on any atom is -0.457 e. The Labute approximate surface area is 153 Å². The van der Waals surface area contributed by atoms with Gasteiger partial charge in [-0.1, -0.05) is 24.3 Å². The van der Waals surface area contributed by atoms with Crippen LogP contribution in [0.25, 0.3) is 0 Å². The van der Waals surface area contributed by atoms with Gasteiger partial charge >= 0.3 is 0 Å². The Morgan fingerprint density at radius 2 is 1.50 bits per heavy atom. The lowest BCUT2D eigenvalue weighted by molar-refractivity contribution is -0.122. The Kier molecular flexibility index (Phi) is 4.11. The first-order valence-electron chi connectivity index (χ1n) is 8.92. The first-order chi connectivity index (χ1) is 12.5. The average Bonchev–Trinajstić information content (AvgIpc) is 2.90. The van der Waals surface area contributed by atoms with Gasteiger partial charge in [0.25, 0.3) is 0 Å². The Hall–Kier alpha value is -2.88. The quantitative estimate of drug-likeness (QED) is 0.604. The van der Waals surface area contributed by atoms with E-state index in [0.29, 0.717) is 24.3 Å². The first-order valence-corrected chi connectivity index (χ1v) is 8.92. The molecular weight excluding hydrogens is 326 g/mol. The van der Waals surface area contributed by atoms with Crippen LogP contribution in [0.3, 0.4) is 0 Å². The zero-order chi connectivity index (χ0) is 18.3. The zero-order valence-corrected chi connectivity index (χ0v) is 14.9. The molecule has 2 aromatic carbocycles. The van der Waals surface area contributed by atoms with Crippen molar-refractivity contribution in [3.63, 3.8) is 0 Å². The van der Waals surface area contributed by atoms with Crippen molar-refractivity contribution in [3.05, 3.63) is 65.7 Å². The van der Waals surface area contributed by atoms with Crippen LogP contribution in [0.1, 0.15) is 24.0 Å². The summed E-state index contributed by atoms with van der Waals surface area (Å²) >= 11 is 0. The summed E-state index contributed by atoms with van der Waals surface area (Å²) in [5, 5.41) is 0. The van der Waals surface area contributed by atoms with E-state index in [2.05, 4.69) is 0 Å². The third kappa shape index (κ3) is 2.81. The standard InChI is InChI=1S/C22H21NO3/c1-14-7-8-15(2)20(13-14)26-17-11-9-16(10-12-17)23-21(24)18-5-3-4-6-19(18)22(23)25/h3-4,7-13,18-19H,5-6H2,1-2H3.